The van der Waals surface area contributed by atoms with Crippen molar-refractivity contribution in [2.45, 2.75) is 19.8 Å². The van der Waals surface area contributed by atoms with E-state index in [1.165, 1.54) is 0 Å². The lowest BCUT2D eigenvalue weighted by atomic mass is 9.93. The number of aromatic nitrogens is 2. The van der Waals surface area contributed by atoms with Crippen LogP contribution in [0.25, 0.3) is 5.65 Å². The molecule has 2 aromatic rings. The van der Waals surface area contributed by atoms with E-state index < -0.39 is 0 Å². The van der Waals surface area contributed by atoms with Crippen LogP contribution in [-0.4, -0.2) is 15.9 Å². The molecule has 0 spiro atoms. The van der Waals surface area contributed by atoms with E-state index in [0.29, 0.717) is 23.4 Å². The van der Waals surface area contributed by atoms with Crippen LogP contribution in [0.3, 0.4) is 0 Å². The summed E-state index contributed by atoms with van der Waals surface area (Å²) in [4.78, 5) is 4.36. The van der Waals surface area contributed by atoms with Crippen molar-refractivity contribution >= 4 is 17.2 Å². The van der Waals surface area contributed by atoms with Gasteiger partial charge in [-0.1, -0.05) is 25.4 Å². The molecular weight excluding hydrogens is 222 g/mol. The lowest BCUT2D eigenvalue weighted by Gasteiger charge is -2.18. The van der Waals surface area contributed by atoms with Gasteiger partial charge in [-0.05, 0) is 18.1 Å². The van der Waals surface area contributed by atoms with Crippen molar-refractivity contribution in [3.8, 4) is 0 Å². The smallest absolute Gasteiger partial charge is 0.136 e. The van der Waals surface area contributed by atoms with Crippen molar-refractivity contribution in [3.63, 3.8) is 0 Å². The van der Waals surface area contributed by atoms with Crippen molar-refractivity contribution in [2.24, 2.45) is 11.7 Å². The highest BCUT2D eigenvalue weighted by Gasteiger charge is 2.18. The molecule has 2 heterocycles. The molecule has 0 aliphatic carbocycles. The molecule has 0 saturated carbocycles. The Bertz CT molecular complexity index is 490. The number of pyridine rings is 1. The highest BCUT2D eigenvalue weighted by Crippen LogP contribution is 2.25. The van der Waals surface area contributed by atoms with Gasteiger partial charge in [0.05, 0.1) is 5.02 Å². The number of fused-ring (bicyclic) bond motifs is 1. The van der Waals surface area contributed by atoms with Gasteiger partial charge in [0.15, 0.2) is 0 Å². The molecule has 0 radical (unpaired) electrons. The zero-order valence-corrected chi connectivity index (χ0v) is 10.3. The van der Waals surface area contributed by atoms with Gasteiger partial charge in [0.2, 0.25) is 0 Å². The summed E-state index contributed by atoms with van der Waals surface area (Å²) in [6.45, 7) is 4.96. The summed E-state index contributed by atoms with van der Waals surface area (Å²) in [5.74, 6) is 0.803. The van der Waals surface area contributed by atoms with Crippen LogP contribution in [-0.2, 0) is 0 Å². The zero-order valence-electron chi connectivity index (χ0n) is 9.52. The highest BCUT2D eigenvalue weighted by atomic mass is 35.5. The summed E-state index contributed by atoms with van der Waals surface area (Å²) in [5, 5.41) is 0.714. The van der Waals surface area contributed by atoms with Crippen molar-refractivity contribution in [2.75, 3.05) is 6.54 Å². The van der Waals surface area contributed by atoms with E-state index in [4.69, 9.17) is 17.3 Å². The fourth-order valence-electron chi connectivity index (χ4n) is 1.98. The molecule has 3 nitrogen and oxygen atoms in total. The van der Waals surface area contributed by atoms with Gasteiger partial charge < -0.3 is 10.1 Å². The number of halogens is 1. The number of nitrogens with zero attached hydrogens (tertiary/aromatic N) is 2. The average molecular weight is 238 g/mol. The predicted octanol–water partition coefficient (Wildman–Crippen LogP) is 2.69. The van der Waals surface area contributed by atoms with Crippen LogP contribution < -0.4 is 5.73 Å². The van der Waals surface area contributed by atoms with Gasteiger partial charge in [-0.25, -0.2) is 4.98 Å². The fourth-order valence-corrected chi connectivity index (χ4v) is 2.14. The van der Waals surface area contributed by atoms with E-state index in [-0.39, 0.29) is 0 Å². The van der Waals surface area contributed by atoms with Gasteiger partial charge >= 0.3 is 0 Å². The van der Waals surface area contributed by atoms with Crippen LogP contribution in [0.4, 0.5) is 0 Å². The molecule has 0 aromatic carbocycles. The fraction of sp³-hybridized carbons (Fsp3) is 0.417. The largest absolute Gasteiger partial charge is 0.330 e. The Morgan fingerprint density at radius 1 is 1.44 bits per heavy atom. The molecule has 0 bridgehead atoms. The van der Waals surface area contributed by atoms with Crippen LogP contribution in [0.2, 0.25) is 5.02 Å². The number of hydrogen-bond donors (Lipinski definition) is 1. The summed E-state index contributed by atoms with van der Waals surface area (Å²) >= 11 is 6.00. The van der Waals surface area contributed by atoms with E-state index >= 15 is 0 Å². The molecule has 0 amide bonds. The van der Waals surface area contributed by atoms with Crippen LogP contribution in [0, 0.1) is 5.92 Å². The minimum Gasteiger partial charge on any atom is -0.330 e. The molecule has 2 rings (SSSR count). The quantitative estimate of drug-likeness (QED) is 0.892. The number of rotatable bonds is 3. The Kier molecular flexibility index (Phi) is 3.17. The van der Waals surface area contributed by atoms with Gasteiger partial charge in [0.25, 0.3) is 0 Å². The van der Waals surface area contributed by atoms with E-state index in [1.54, 1.807) is 0 Å². The molecule has 0 aliphatic heterocycles. The zero-order chi connectivity index (χ0) is 11.7. The summed E-state index contributed by atoms with van der Waals surface area (Å²) in [5.41, 5.74) is 7.87. The first kappa shape index (κ1) is 11.4. The van der Waals surface area contributed by atoms with Gasteiger partial charge in [-0.3, -0.25) is 0 Å². The second-order valence-corrected chi connectivity index (χ2v) is 4.78. The Morgan fingerprint density at radius 2 is 2.19 bits per heavy atom. The molecule has 0 aliphatic rings. The Labute approximate surface area is 100 Å². The minimum atomic E-state index is 0.313. The summed E-state index contributed by atoms with van der Waals surface area (Å²) in [6.07, 6.45) is 3.79. The number of imidazole rings is 1. The maximum atomic E-state index is 6.00. The molecule has 2 aromatic heterocycles. The maximum Gasteiger partial charge on any atom is 0.136 e. The summed E-state index contributed by atoms with van der Waals surface area (Å²) in [7, 11) is 0. The monoisotopic (exact) mass is 237 g/mol. The lowest BCUT2D eigenvalue weighted by Crippen LogP contribution is -2.19. The second kappa shape index (κ2) is 4.44. The van der Waals surface area contributed by atoms with Crippen molar-refractivity contribution in [1.29, 1.82) is 0 Å². The number of hydrogen-bond acceptors (Lipinski definition) is 2. The standard InChI is InChI=1S/C12H16ClN3/c1-8(2)10(5-14)11-6-15-12-4-3-9(13)7-16(11)12/h3-4,6-8,10H,5,14H2,1-2H3. The molecule has 16 heavy (non-hydrogen) atoms. The van der Waals surface area contributed by atoms with Crippen molar-refractivity contribution in [1.82, 2.24) is 9.38 Å². The third-order valence-corrected chi connectivity index (χ3v) is 3.16. The normalized spacial score (nSPS) is 13.6. The van der Waals surface area contributed by atoms with Crippen LogP contribution in [0.15, 0.2) is 24.5 Å². The Hall–Kier alpha value is -1.06. The van der Waals surface area contributed by atoms with Gasteiger partial charge in [0.1, 0.15) is 5.65 Å². The lowest BCUT2D eigenvalue weighted by molar-refractivity contribution is 0.493. The first-order valence-electron chi connectivity index (χ1n) is 5.46. The molecule has 2 N–H and O–H groups in total. The maximum absolute atomic E-state index is 6.00. The van der Waals surface area contributed by atoms with Gasteiger partial charge in [0, 0.05) is 30.6 Å². The minimum absolute atomic E-state index is 0.313. The van der Waals surface area contributed by atoms with Gasteiger partial charge in [-0.2, -0.15) is 0 Å². The molecule has 4 heteroatoms. The topological polar surface area (TPSA) is 43.3 Å². The number of nitrogens with two attached hydrogens (primary N) is 1. The van der Waals surface area contributed by atoms with E-state index in [1.807, 2.05) is 28.9 Å². The van der Waals surface area contributed by atoms with Crippen molar-refractivity contribution < 1.29 is 0 Å². The second-order valence-electron chi connectivity index (χ2n) is 4.34. The summed E-state index contributed by atoms with van der Waals surface area (Å²) < 4.78 is 2.03. The Morgan fingerprint density at radius 3 is 2.81 bits per heavy atom. The molecule has 86 valence electrons. The average Bonchev–Trinajstić information content (AvgIpc) is 2.62. The molecule has 1 atom stereocenters. The first-order chi connectivity index (χ1) is 7.63. The predicted molar refractivity (Wildman–Crippen MR) is 66.8 cm³/mol. The molecule has 0 fully saturated rings. The summed E-state index contributed by atoms with van der Waals surface area (Å²) in [6, 6.07) is 3.76. The SMILES string of the molecule is CC(C)C(CN)c1cnc2ccc(Cl)cn12. The van der Waals surface area contributed by atoms with E-state index in [0.717, 1.165) is 11.3 Å². The molecule has 1 unspecified atom stereocenters. The van der Waals surface area contributed by atoms with Crippen molar-refractivity contribution in [3.05, 3.63) is 35.2 Å². The van der Waals surface area contributed by atoms with E-state index in [2.05, 4.69) is 18.8 Å². The van der Waals surface area contributed by atoms with E-state index in [9.17, 15) is 0 Å². The highest BCUT2D eigenvalue weighted by molar-refractivity contribution is 6.30. The molecule has 0 saturated heterocycles. The Balaban J connectivity index is 2.55. The first-order valence-corrected chi connectivity index (χ1v) is 5.84. The molecular formula is C12H16ClN3. The van der Waals surface area contributed by atoms with Gasteiger partial charge in [-0.15, -0.1) is 0 Å². The van der Waals surface area contributed by atoms with Crippen LogP contribution in [0.1, 0.15) is 25.5 Å². The van der Waals surface area contributed by atoms with Crippen LogP contribution >= 0.6 is 11.6 Å². The third-order valence-electron chi connectivity index (χ3n) is 2.94. The third kappa shape index (κ3) is 1.93. The van der Waals surface area contributed by atoms with Crippen LogP contribution in [0.5, 0.6) is 0 Å².